The third-order valence-electron chi connectivity index (χ3n) is 3.12. The Bertz CT molecular complexity index is 748. The van der Waals surface area contributed by atoms with E-state index in [-0.39, 0.29) is 11.6 Å². The number of nitrogens with zero attached hydrogens (tertiary/aromatic N) is 4. The molecule has 0 aliphatic carbocycles. The minimum absolute atomic E-state index is 0.262. The van der Waals surface area contributed by atoms with Gasteiger partial charge in [-0.25, -0.2) is 19.3 Å². The first-order chi connectivity index (χ1) is 9.22. The number of imidazole rings is 1. The Labute approximate surface area is 110 Å². The number of aromatic nitrogens is 4. The summed E-state index contributed by atoms with van der Waals surface area (Å²) in [5.41, 5.74) is 2.10. The Morgan fingerprint density at radius 2 is 2.00 bits per heavy atom. The second kappa shape index (κ2) is 4.42. The Kier molecular flexibility index (Phi) is 2.74. The molecule has 2 heterocycles. The number of fused-ring (bicyclic) bond motifs is 1. The number of benzene rings is 1. The second-order valence-corrected chi connectivity index (χ2v) is 4.29. The Balaban J connectivity index is 2.33. The van der Waals surface area contributed by atoms with E-state index in [2.05, 4.69) is 15.0 Å². The van der Waals surface area contributed by atoms with Crippen molar-refractivity contribution in [2.75, 3.05) is 0 Å². The van der Waals surface area contributed by atoms with Gasteiger partial charge < -0.3 is 0 Å². The first kappa shape index (κ1) is 11.8. The SMILES string of the molecule is CCc1ncnc(-n2c(C)nc3ccccc32)c1F. The van der Waals surface area contributed by atoms with E-state index in [0.717, 1.165) is 11.0 Å². The number of halogens is 1. The van der Waals surface area contributed by atoms with E-state index in [0.29, 0.717) is 17.9 Å². The van der Waals surface area contributed by atoms with Gasteiger partial charge in [0.25, 0.3) is 0 Å². The maximum atomic E-state index is 14.4. The van der Waals surface area contributed by atoms with Crippen molar-refractivity contribution in [3.05, 3.63) is 47.9 Å². The molecule has 0 unspecified atom stereocenters. The average Bonchev–Trinajstić information content (AvgIpc) is 2.75. The van der Waals surface area contributed by atoms with Crippen molar-refractivity contribution in [1.82, 2.24) is 19.5 Å². The van der Waals surface area contributed by atoms with E-state index < -0.39 is 0 Å². The van der Waals surface area contributed by atoms with Crippen LogP contribution in [0.4, 0.5) is 4.39 Å². The normalized spacial score (nSPS) is 11.1. The smallest absolute Gasteiger partial charge is 0.187 e. The van der Waals surface area contributed by atoms with Gasteiger partial charge in [0, 0.05) is 0 Å². The summed E-state index contributed by atoms with van der Waals surface area (Å²) in [5.74, 6) is 0.593. The van der Waals surface area contributed by atoms with Crippen LogP contribution in [0.15, 0.2) is 30.6 Å². The highest BCUT2D eigenvalue weighted by Crippen LogP contribution is 2.22. The van der Waals surface area contributed by atoms with Gasteiger partial charge in [-0.2, -0.15) is 0 Å². The number of rotatable bonds is 2. The largest absolute Gasteiger partial charge is 0.278 e. The summed E-state index contributed by atoms with van der Waals surface area (Å²) in [6.45, 7) is 3.71. The van der Waals surface area contributed by atoms with Crippen molar-refractivity contribution in [1.29, 1.82) is 0 Å². The molecule has 0 saturated carbocycles. The van der Waals surface area contributed by atoms with Crippen LogP contribution in [-0.2, 0) is 6.42 Å². The zero-order valence-corrected chi connectivity index (χ0v) is 10.8. The van der Waals surface area contributed by atoms with Crippen molar-refractivity contribution in [2.24, 2.45) is 0 Å². The fourth-order valence-corrected chi connectivity index (χ4v) is 2.21. The van der Waals surface area contributed by atoms with Gasteiger partial charge in [-0.3, -0.25) is 4.57 Å². The van der Waals surface area contributed by atoms with Crippen molar-refractivity contribution >= 4 is 11.0 Å². The van der Waals surface area contributed by atoms with Crippen molar-refractivity contribution < 1.29 is 4.39 Å². The molecule has 0 radical (unpaired) electrons. The molecule has 19 heavy (non-hydrogen) atoms. The lowest BCUT2D eigenvalue weighted by Gasteiger charge is -2.08. The molecule has 0 aliphatic heterocycles. The molecule has 2 aromatic heterocycles. The summed E-state index contributed by atoms with van der Waals surface area (Å²) < 4.78 is 16.1. The van der Waals surface area contributed by atoms with Gasteiger partial charge in [0.2, 0.25) is 0 Å². The Hall–Kier alpha value is -2.30. The summed E-state index contributed by atoms with van der Waals surface area (Å²) in [7, 11) is 0. The average molecular weight is 256 g/mol. The summed E-state index contributed by atoms with van der Waals surface area (Å²) >= 11 is 0. The molecule has 0 saturated heterocycles. The van der Waals surface area contributed by atoms with E-state index in [1.54, 1.807) is 4.57 Å². The van der Waals surface area contributed by atoms with Crippen molar-refractivity contribution in [2.45, 2.75) is 20.3 Å². The summed E-state index contributed by atoms with van der Waals surface area (Å²) in [6, 6.07) is 7.62. The van der Waals surface area contributed by atoms with Gasteiger partial charge in [-0.1, -0.05) is 19.1 Å². The standard InChI is InChI=1S/C14H13FN4/c1-3-10-13(15)14(17-8-16-10)19-9(2)18-11-6-4-5-7-12(11)19/h4-8H,3H2,1-2H3. The van der Waals surface area contributed by atoms with Gasteiger partial charge in [0.15, 0.2) is 11.6 Å². The van der Waals surface area contributed by atoms with Gasteiger partial charge in [0.1, 0.15) is 12.2 Å². The number of hydrogen-bond acceptors (Lipinski definition) is 3. The minimum Gasteiger partial charge on any atom is -0.278 e. The first-order valence-electron chi connectivity index (χ1n) is 6.16. The lowest BCUT2D eigenvalue weighted by Crippen LogP contribution is -2.07. The number of hydrogen-bond donors (Lipinski definition) is 0. The van der Waals surface area contributed by atoms with Crippen LogP contribution in [0.2, 0.25) is 0 Å². The lowest BCUT2D eigenvalue weighted by molar-refractivity contribution is 0.582. The van der Waals surface area contributed by atoms with Gasteiger partial charge in [0.05, 0.1) is 16.7 Å². The third kappa shape index (κ3) is 1.78. The van der Waals surface area contributed by atoms with Crippen LogP contribution in [-0.4, -0.2) is 19.5 Å². The summed E-state index contributed by atoms with van der Waals surface area (Å²) in [6.07, 6.45) is 1.93. The fraction of sp³-hybridized carbons (Fsp3) is 0.214. The van der Waals surface area contributed by atoms with E-state index in [1.807, 2.05) is 38.1 Å². The van der Waals surface area contributed by atoms with Crippen LogP contribution in [0, 0.1) is 12.7 Å². The molecule has 0 aliphatic rings. The molecule has 3 aromatic rings. The van der Waals surface area contributed by atoms with Crippen LogP contribution >= 0.6 is 0 Å². The first-order valence-corrected chi connectivity index (χ1v) is 6.16. The van der Waals surface area contributed by atoms with E-state index in [4.69, 9.17) is 0 Å². The fourth-order valence-electron chi connectivity index (χ4n) is 2.21. The number of aryl methyl sites for hydroxylation is 2. The summed E-state index contributed by atoms with van der Waals surface area (Å²) in [5, 5.41) is 0. The van der Waals surface area contributed by atoms with Crippen LogP contribution < -0.4 is 0 Å². The van der Waals surface area contributed by atoms with E-state index >= 15 is 0 Å². The molecular formula is C14H13FN4. The van der Waals surface area contributed by atoms with E-state index in [1.165, 1.54) is 6.33 Å². The topological polar surface area (TPSA) is 43.6 Å². The predicted molar refractivity (Wildman–Crippen MR) is 70.7 cm³/mol. The molecule has 0 atom stereocenters. The Morgan fingerprint density at radius 1 is 1.21 bits per heavy atom. The highest BCUT2D eigenvalue weighted by Gasteiger charge is 2.16. The predicted octanol–water partition coefficient (Wildman–Crippen LogP) is 2.83. The monoisotopic (exact) mass is 256 g/mol. The number of para-hydroxylation sites is 2. The van der Waals surface area contributed by atoms with Crippen LogP contribution in [0.25, 0.3) is 16.9 Å². The molecular weight excluding hydrogens is 243 g/mol. The Morgan fingerprint density at radius 3 is 2.79 bits per heavy atom. The third-order valence-corrected chi connectivity index (χ3v) is 3.12. The highest BCUT2D eigenvalue weighted by molar-refractivity contribution is 5.77. The molecule has 0 bridgehead atoms. The molecule has 5 heteroatoms. The van der Waals surface area contributed by atoms with Gasteiger partial charge in [-0.15, -0.1) is 0 Å². The maximum Gasteiger partial charge on any atom is 0.187 e. The zero-order valence-electron chi connectivity index (χ0n) is 10.8. The van der Waals surface area contributed by atoms with Crippen LogP contribution in [0.1, 0.15) is 18.4 Å². The van der Waals surface area contributed by atoms with Crippen LogP contribution in [0.5, 0.6) is 0 Å². The molecule has 4 nitrogen and oxygen atoms in total. The molecule has 3 rings (SSSR count). The molecule has 0 spiro atoms. The molecule has 0 N–H and O–H groups in total. The van der Waals surface area contributed by atoms with Crippen molar-refractivity contribution in [3.63, 3.8) is 0 Å². The second-order valence-electron chi connectivity index (χ2n) is 4.29. The highest BCUT2D eigenvalue weighted by atomic mass is 19.1. The summed E-state index contributed by atoms with van der Waals surface area (Å²) in [4.78, 5) is 12.5. The zero-order chi connectivity index (χ0) is 13.4. The minimum atomic E-state index is -0.378. The van der Waals surface area contributed by atoms with Gasteiger partial charge >= 0.3 is 0 Å². The molecule has 96 valence electrons. The van der Waals surface area contributed by atoms with Crippen LogP contribution in [0.3, 0.4) is 0 Å². The van der Waals surface area contributed by atoms with E-state index in [9.17, 15) is 4.39 Å². The molecule has 1 aromatic carbocycles. The lowest BCUT2D eigenvalue weighted by atomic mass is 10.3. The maximum absolute atomic E-state index is 14.4. The van der Waals surface area contributed by atoms with Crippen molar-refractivity contribution in [3.8, 4) is 5.82 Å². The molecule has 0 amide bonds. The van der Waals surface area contributed by atoms with Gasteiger partial charge in [-0.05, 0) is 25.5 Å². The quantitative estimate of drug-likeness (QED) is 0.708. The molecule has 0 fully saturated rings.